The molecule has 152 valence electrons. The average molecular weight is 490 g/mol. The van der Waals surface area contributed by atoms with E-state index in [0.717, 1.165) is 67.7 Å². The van der Waals surface area contributed by atoms with Crippen molar-refractivity contribution < 1.29 is 9.50 Å². The molecular formula is C20H32FIN4O. The highest BCUT2D eigenvalue weighted by Gasteiger charge is 2.08. The van der Waals surface area contributed by atoms with Crippen LogP contribution in [-0.4, -0.2) is 42.3 Å². The summed E-state index contributed by atoms with van der Waals surface area (Å²) in [6.07, 6.45) is 5.74. The van der Waals surface area contributed by atoms with E-state index >= 15 is 0 Å². The summed E-state index contributed by atoms with van der Waals surface area (Å²) in [5.74, 6) is 0.997. The molecule has 0 aliphatic heterocycles. The lowest BCUT2D eigenvalue weighted by Crippen LogP contribution is -2.38. The standard InChI is InChI=1S/C20H31FN4O.HI/c1-3-5-15(9-11-26)13-25-20(22-4-2)23-10-8-16-14-24-19-12-17(21)6-7-18(16)19;/h6-7,12,14-15,24,26H,3-5,8-11,13H2,1-2H3,(H2,22,23,25);1H. The predicted octanol–water partition coefficient (Wildman–Crippen LogP) is 3.82. The Kier molecular flexibility index (Phi) is 11.3. The number of aliphatic hydroxyl groups is 1. The van der Waals surface area contributed by atoms with E-state index in [-0.39, 0.29) is 36.4 Å². The molecule has 1 aromatic carbocycles. The van der Waals surface area contributed by atoms with E-state index in [1.54, 1.807) is 0 Å². The molecule has 4 N–H and O–H groups in total. The third-order valence-corrected chi connectivity index (χ3v) is 4.50. The maximum Gasteiger partial charge on any atom is 0.191 e. The predicted molar refractivity (Wildman–Crippen MR) is 121 cm³/mol. The van der Waals surface area contributed by atoms with Crippen molar-refractivity contribution in [1.82, 2.24) is 15.6 Å². The van der Waals surface area contributed by atoms with E-state index in [4.69, 9.17) is 0 Å². The lowest BCUT2D eigenvalue weighted by molar-refractivity contribution is 0.253. The number of aliphatic hydroxyl groups excluding tert-OH is 1. The smallest absolute Gasteiger partial charge is 0.191 e. The van der Waals surface area contributed by atoms with E-state index in [1.807, 2.05) is 19.2 Å². The number of aliphatic imine (C=N–C) groups is 1. The van der Waals surface area contributed by atoms with Crippen LogP contribution in [0.25, 0.3) is 10.9 Å². The summed E-state index contributed by atoms with van der Waals surface area (Å²) in [4.78, 5) is 7.79. The van der Waals surface area contributed by atoms with E-state index in [1.165, 1.54) is 12.1 Å². The van der Waals surface area contributed by atoms with Crippen LogP contribution in [0.4, 0.5) is 4.39 Å². The number of aromatic nitrogens is 1. The van der Waals surface area contributed by atoms with Gasteiger partial charge < -0.3 is 20.7 Å². The number of guanidine groups is 1. The number of hydrogen-bond donors (Lipinski definition) is 4. The van der Waals surface area contributed by atoms with Crippen LogP contribution < -0.4 is 10.6 Å². The second-order valence-electron chi connectivity index (χ2n) is 6.57. The molecule has 0 spiro atoms. The second kappa shape index (κ2) is 12.9. The molecule has 7 heteroatoms. The Morgan fingerprint density at radius 3 is 2.78 bits per heavy atom. The van der Waals surface area contributed by atoms with Gasteiger partial charge in [0.1, 0.15) is 5.82 Å². The van der Waals surface area contributed by atoms with E-state index in [9.17, 15) is 9.50 Å². The van der Waals surface area contributed by atoms with Crippen molar-refractivity contribution in [3.8, 4) is 0 Å². The number of fused-ring (bicyclic) bond motifs is 1. The zero-order chi connectivity index (χ0) is 18.8. The van der Waals surface area contributed by atoms with Crippen molar-refractivity contribution in [1.29, 1.82) is 0 Å². The molecule has 0 radical (unpaired) electrons. The molecule has 0 amide bonds. The maximum absolute atomic E-state index is 13.3. The van der Waals surface area contributed by atoms with Crippen molar-refractivity contribution in [3.05, 3.63) is 35.8 Å². The van der Waals surface area contributed by atoms with Gasteiger partial charge in [0.15, 0.2) is 5.96 Å². The summed E-state index contributed by atoms with van der Waals surface area (Å²) in [6.45, 7) is 6.68. The first-order valence-electron chi connectivity index (χ1n) is 9.56. The van der Waals surface area contributed by atoms with Gasteiger partial charge in [-0.15, -0.1) is 24.0 Å². The van der Waals surface area contributed by atoms with Crippen LogP contribution in [0.2, 0.25) is 0 Å². The number of halogens is 2. The maximum atomic E-state index is 13.3. The molecular weight excluding hydrogens is 458 g/mol. The molecule has 0 bridgehead atoms. The van der Waals surface area contributed by atoms with Crippen LogP contribution in [0.15, 0.2) is 29.4 Å². The van der Waals surface area contributed by atoms with Gasteiger partial charge in [0.25, 0.3) is 0 Å². The Morgan fingerprint density at radius 2 is 2.07 bits per heavy atom. The van der Waals surface area contributed by atoms with Gasteiger partial charge in [-0.25, -0.2) is 4.39 Å². The van der Waals surface area contributed by atoms with Crippen LogP contribution in [0.3, 0.4) is 0 Å². The first-order chi connectivity index (χ1) is 12.7. The molecule has 2 aromatic rings. The molecule has 0 aliphatic rings. The minimum Gasteiger partial charge on any atom is -0.396 e. The lowest BCUT2D eigenvalue weighted by atomic mass is 10.0. The van der Waals surface area contributed by atoms with Crippen LogP contribution in [0.1, 0.15) is 38.7 Å². The average Bonchev–Trinajstić information content (AvgIpc) is 3.02. The fourth-order valence-electron chi connectivity index (χ4n) is 3.16. The number of benzene rings is 1. The minimum absolute atomic E-state index is 0. The Bertz CT molecular complexity index is 698. The molecule has 0 saturated heterocycles. The van der Waals surface area contributed by atoms with Gasteiger partial charge >= 0.3 is 0 Å². The largest absolute Gasteiger partial charge is 0.396 e. The third kappa shape index (κ3) is 7.65. The van der Waals surface area contributed by atoms with Gasteiger partial charge in [0.2, 0.25) is 0 Å². The number of aromatic amines is 1. The quantitative estimate of drug-likeness (QED) is 0.233. The summed E-state index contributed by atoms with van der Waals surface area (Å²) in [6, 6.07) is 4.83. The monoisotopic (exact) mass is 490 g/mol. The first-order valence-corrected chi connectivity index (χ1v) is 9.56. The van der Waals surface area contributed by atoms with E-state index < -0.39 is 0 Å². The van der Waals surface area contributed by atoms with Gasteiger partial charge in [-0.05, 0) is 55.9 Å². The van der Waals surface area contributed by atoms with Crippen molar-refractivity contribution >= 4 is 40.8 Å². The fourth-order valence-corrected chi connectivity index (χ4v) is 3.16. The molecule has 1 heterocycles. The third-order valence-electron chi connectivity index (χ3n) is 4.50. The van der Waals surface area contributed by atoms with Crippen molar-refractivity contribution in [2.45, 2.75) is 39.5 Å². The van der Waals surface area contributed by atoms with Gasteiger partial charge in [-0.2, -0.15) is 0 Å². The number of H-pyrrole nitrogens is 1. The molecule has 0 fully saturated rings. The fraction of sp³-hybridized carbons (Fsp3) is 0.550. The zero-order valence-corrected chi connectivity index (χ0v) is 18.6. The Balaban J connectivity index is 0.00000364. The summed E-state index contributed by atoms with van der Waals surface area (Å²) >= 11 is 0. The molecule has 2 rings (SSSR count). The van der Waals surface area contributed by atoms with Gasteiger partial charge in [-0.3, -0.25) is 4.99 Å². The minimum atomic E-state index is -0.227. The topological polar surface area (TPSA) is 72.4 Å². The molecule has 1 unspecified atom stereocenters. The van der Waals surface area contributed by atoms with Crippen LogP contribution in [-0.2, 0) is 6.42 Å². The molecule has 1 aromatic heterocycles. The Morgan fingerprint density at radius 1 is 1.26 bits per heavy atom. The second-order valence-corrected chi connectivity index (χ2v) is 6.57. The SMILES string of the molecule is CCCC(CCO)CN=C(NCC)NCCc1c[nH]c2cc(F)ccc12.I. The van der Waals surface area contributed by atoms with E-state index in [2.05, 4.69) is 27.5 Å². The van der Waals surface area contributed by atoms with Crippen LogP contribution in [0.5, 0.6) is 0 Å². The molecule has 0 saturated carbocycles. The number of nitrogens with one attached hydrogen (secondary N) is 3. The lowest BCUT2D eigenvalue weighted by Gasteiger charge is -2.15. The molecule has 0 aliphatic carbocycles. The highest BCUT2D eigenvalue weighted by molar-refractivity contribution is 14.0. The Labute approximate surface area is 178 Å². The van der Waals surface area contributed by atoms with Crippen molar-refractivity contribution in [3.63, 3.8) is 0 Å². The normalized spacial score (nSPS) is 12.7. The molecule has 1 atom stereocenters. The summed E-state index contributed by atoms with van der Waals surface area (Å²) in [7, 11) is 0. The summed E-state index contributed by atoms with van der Waals surface area (Å²) in [5, 5.41) is 16.9. The first kappa shape index (κ1) is 23.7. The summed E-state index contributed by atoms with van der Waals surface area (Å²) in [5.41, 5.74) is 1.99. The summed E-state index contributed by atoms with van der Waals surface area (Å²) < 4.78 is 13.3. The zero-order valence-electron chi connectivity index (χ0n) is 16.2. The molecule has 5 nitrogen and oxygen atoms in total. The number of hydrogen-bond acceptors (Lipinski definition) is 2. The van der Waals surface area contributed by atoms with Crippen molar-refractivity contribution in [2.75, 3.05) is 26.2 Å². The molecule has 27 heavy (non-hydrogen) atoms. The number of rotatable bonds is 10. The van der Waals surface area contributed by atoms with Crippen LogP contribution >= 0.6 is 24.0 Å². The van der Waals surface area contributed by atoms with E-state index in [0.29, 0.717) is 5.92 Å². The highest BCUT2D eigenvalue weighted by Crippen LogP contribution is 2.19. The van der Waals surface area contributed by atoms with Gasteiger partial charge in [-0.1, -0.05) is 13.3 Å². The van der Waals surface area contributed by atoms with Crippen molar-refractivity contribution in [2.24, 2.45) is 10.9 Å². The van der Waals surface area contributed by atoms with Crippen LogP contribution in [0, 0.1) is 11.7 Å². The van der Waals surface area contributed by atoms with Gasteiger partial charge in [0, 0.05) is 43.3 Å². The highest BCUT2D eigenvalue weighted by atomic mass is 127. The Hall–Kier alpha value is -1.35. The number of nitrogens with zero attached hydrogens (tertiary/aromatic N) is 1. The van der Waals surface area contributed by atoms with Gasteiger partial charge in [0.05, 0.1) is 0 Å².